The predicted molar refractivity (Wildman–Crippen MR) is 126 cm³/mol. The van der Waals surface area contributed by atoms with Crippen molar-refractivity contribution in [3.05, 3.63) is 47.7 Å². The first kappa shape index (κ1) is 20.2. The third-order valence-electron chi connectivity index (χ3n) is 8.45. The molecule has 1 amide bonds. The van der Waals surface area contributed by atoms with E-state index in [9.17, 15) is 9.59 Å². The molecule has 4 aliphatic rings. The first-order valence-corrected chi connectivity index (χ1v) is 12.4. The molecule has 4 unspecified atom stereocenters. The summed E-state index contributed by atoms with van der Waals surface area (Å²) in [6.45, 7) is 5.13. The average Bonchev–Trinajstić information content (AvgIpc) is 3.17. The summed E-state index contributed by atoms with van der Waals surface area (Å²) in [7, 11) is 0. The van der Waals surface area contributed by atoms with Crippen LogP contribution in [0.25, 0.3) is 10.9 Å². The minimum absolute atomic E-state index is 0.0483. The van der Waals surface area contributed by atoms with Crippen LogP contribution in [0.15, 0.2) is 42.1 Å². The van der Waals surface area contributed by atoms with Gasteiger partial charge in [0, 0.05) is 41.8 Å². The number of amides is 1. The Balaban J connectivity index is 1.29. The molecule has 1 aromatic carbocycles. The van der Waals surface area contributed by atoms with Gasteiger partial charge in [0.1, 0.15) is 6.54 Å². The predicted octanol–water partition coefficient (Wildman–Crippen LogP) is 4.27. The SMILES string of the molecule is CC(=O)c1cn(CC(=O)N2CCCC3=CC4CC(CN5CCCCC45)C32)c2ccccc12. The molecule has 32 heavy (non-hydrogen) atoms. The van der Waals surface area contributed by atoms with E-state index in [0.717, 1.165) is 42.9 Å². The van der Waals surface area contributed by atoms with Crippen LogP contribution in [0, 0.1) is 11.8 Å². The van der Waals surface area contributed by atoms with E-state index in [2.05, 4.69) is 15.9 Å². The topological polar surface area (TPSA) is 45.6 Å². The number of fused-ring (bicyclic) bond motifs is 7. The van der Waals surface area contributed by atoms with Crippen LogP contribution in [0.3, 0.4) is 0 Å². The van der Waals surface area contributed by atoms with Gasteiger partial charge < -0.3 is 9.47 Å². The fourth-order valence-corrected chi connectivity index (χ4v) is 7.15. The molecule has 0 N–H and O–H groups in total. The molecule has 5 heteroatoms. The highest BCUT2D eigenvalue weighted by Gasteiger charge is 2.46. The van der Waals surface area contributed by atoms with Gasteiger partial charge in [-0.15, -0.1) is 0 Å². The number of benzene rings is 1. The number of carbonyl (C=O) groups excluding carboxylic acids is 2. The Kier molecular flexibility index (Phi) is 4.98. The van der Waals surface area contributed by atoms with E-state index in [1.165, 1.54) is 37.8 Å². The highest BCUT2D eigenvalue weighted by Crippen LogP contribution is 2.45. The van der Waals surface area contributed by atoms with Crippen LogP contribution in [-0.4, -0.2) is 57.8 Å². The van der Waals surface area contributed by atoms with Gasteiger partial charge in [-0.1, -0.05) is 36.3 Å². The molecule has 168 valence electrons. The minimum atomic E-state index is 0.0483. The molecular weight excluding hydrogens is 398 g/mol. The number of ketones is 1. The number of nitrogens with zero attached hydrogens (tertiary/aromatic N) is 3. The molecule has 3 aliphatic heterocycles. The number of hydrogen-bond donors (Lipinski definition) is 0. The summed E-state index contributed by atoms with van der Waals surface area (Å²) in [5.41, 5.74) is 3.20. The molecule has 3 saturated heterocycles. The fourth-order valence-electron chi connectivity index (χ4n) is 7.15. The van der Waals surface area contributed by atoms with Crippen molar-refractivity contribution in [2.24, 2.45) is 11.8 Å². The van der Waals surface area contributed by atoms with Gasteiger partial charge in [-0.2, -0.15) is 0 Å². The summed E-state index contributed by atoms with van der Waals surface area (Å²) >= 11 is 0. The third-order valence-corrected chi connectivity index (χ3v) is 8.45. The van der Waals surface area contributed by atoms with Crippen LogP contribution in [0.1, 0.15) is 55.8 Å². The number of rotatable bonds is 3. The van der Waals surface area contributed by atoms with Crippen molar-refractivity contribution in [2.75, 3.05) is 19.6 Å². The Hall–Kier alpha value is -2.40. The van der Waals surface area contributed by atoms with E-state index in [1.54, 1.807) is 6.92 Å². The number of Topliss-reactive ketones (excluding diaryl/α,β-unsaturated/α-hetero) is 1. The zero-order valence-electron chi connectivity index (χ0n) is 19.0. The molecule has 6 rings (SSSR count). The Morgan fingerprint density at radius 1 is 1.09 bits per heavy atom. The Morgan fingerprint density at radius 2 is 1.97 bits per heavy atom. The summed E-state index contributed by atoms with van der Waals surface area (Å²) in [6, 6.07) is 8.93. The lowest BCUT2D eigenvalue weighted by Gasteiger charge is -2.54. The lowest BCUT2D eigenvalue weighted by molar-refractivity contribution is -0.136. The van der Waals surface area contributed by atoms with E-state index in [-0.39, 0.29) is 17.7 Å². The van der Waals surface area contributed by atoms with Crippen LogP contribution in [0.5, 0.6) is 0 Å². The van der Waals surface area contributed by atoms with E-state index in [4.69, 9.17) is 0 Å². The van der Waals surface area contributed by atoms with Crippen LogP contribution < -0.4 is 0 Å². The smallest absolute Gasteiger partial charge is 0.243 e. The number of aromatic nitrogens is 1. The lowest BCUT2D eigenvalue weighted by atomic mass is 9.68. The molecule has 2 bridgehead atoms. The van der Waals surface area contributed by atoms with Crippen LogP contribution in [0.4, 0.5) is 0 Å². The van der Waals surface area contributed by atoms with Gasteiger partial charge in [0.15, 0.2) is 5.78 Å². The number of para-hydroxylation sites is 1. The summed E-state index contributed by atoms with van der Waals surface area (Å²) in [4.78, 5) is 30.7. The maximum atomic E-state index is 13.7. The van der Waals surface area contributed by atoms with E-state index in [1.807, 2.05) is 35.0 Å². The minimum Gasteiger partial charge on any atom is -0.337 e. The fraction of sp³-hybridized carbons (Fsp3) is 0.556. The standard InChI is InChI=1S/C27H33N3O2/c1-18(31)23-16-29(25-10-3-2-8-22(23)25)17-26(32)30-12-6-7-19-13-20-14-21(27(19)30)15-28-11-5-4-9-24(20)28/h2-3,8,10,13,16,20-21,24,27H,4-7,9,11-12,14-15,17H2,1H3. The lowest BCUT2D eigenvalue weighted by Crippen LogP contribution is -2.60. The molecule has 0 radical (unpaired) electrons. The van der Waals surface area contributed by atoms with Crippen molar-refractivity contribution in [3.63, 3.8) is 0 Å². The summed E-state index contributed by atoms with van der Waals surface area (Å²) in [6.07, 6.45) is 11.9. The van der Waals surface area contributed by atoms with Gasteiger partial charge in [-0.25, -0.2) is 0 Å². The molecular formula is C27H33N3O2. The quantitative estimate of drug-likeness (QED) is 0.539. The molecule has 5 nitrogen and oxygen atoms in total. The zero-order chi connectivity index (χ0) is 21.8. The summed E-state index contributed by atoms with van der Waals surface area (Å²) in [5.74, 6) is 1.48. The van der Waals surface area contributed by atoms with Crippen molar-refractivity contribution >= 4 is 22.6 Å². The van der Waals surface area contributed by atoms with Crippen molar-refractivity contribution in [1.82, 2.24) is 14.4 Å². The van der Waals surface area contributed by atoms with Crippen LogP contribution in [-0.2, 0) is 11.3 Å². The second-order valence-corrected chi connectivity index (χ2v) is 10.3. The summed E-state index contributed by atoms with van der Waals surface area (Å²) in [5, 5.41) is 0.941. The summed E-state index contributed by atoms with van der Waals surface area (Å²) < 4.78 is 1.99. The molecule has 2 aromatic rings. The number of piperidine rings is 3. The molecule has 1 aliphatic carbocycles. The van der Waals surface area contributed by atoms with E-state index < -0.39 is 0 Å². The van der Waals surface area contributed by atoms with Crippen molar-refractivity contribution in [1.29, 1.82) is 0 Å². The van der Waals surface area contributed by atoms with Gasteiger partial charge in [-0.3, -0.25) is 14.5 Å². The molecule has 4 atom stereocenters. The van der Waals surface area contributed by atoms with Gasteiger partial charge in [0.2, 0.25) is 5.91 Å². The van der Waals surface area contributed by atoms with Gasteiger partial charge in [-0.05, 0) is 63.5 Å². The van der Waals surface area contributed by atoms with Crippen LogP contribution >= 0.6 is 0 Å². The van der Waals surface area contributed by atoms with Crippen molar-refractivity contribution in [2.45, 2.75) is 64.1 Å². The molecule has 0 spiro atoms. The van der Waals surface area contributed by atoms with Gasteiger partial charge in [0.05, 0.1) is 6.04 Å². The number of carbonyl (C=O) groups is 2. The average molecular weight is 432 g/mol. The maximum absolute atomic E-state index is 13.7. The van der Waals surface area contributed by atoms with E-state index >= 15 is 0 Å². The molecule has 0 saturated carbocycles. The Morgan fingerprint density at radius 3 is 2.84 bits per heavy atom. The van der Waals surface area contributed by atoms with Crippen molar-refractivity contribution < 1.29 is 9.59 Å². The maximum Gasteiger partial charge on any atom is 0.243 e. The number of likely N-dealkylation sites (tertiary alicyclic amines) is 1. The highest BCUT2D eigenvalue weighted by molar-refractivity contribution is 6.07. The van der Waals surface area contributed by atoms with E-state index in [0.29, 0.717) is 23.9 Å². The zero-order valence-corrected chi connectivity index (χ0v) is 19.0. The van der Waals surface area contributed by atoms with Crippen molar-refractivity contribution in [3.8, 4) is 0 Å². The highest BCUT2D eigenvalue weighted by atomic mass is 16.2. The first-order chi connectivity index (χ1) is 15.6. The largest absolute Gasteiger partial charge is 0.337 e. The second-order valence-electron chi connectivity index (χ2n) is 10.3. The Bertz CT molecular complexity index is 1100. The monoisotopic (exact) mass is 431 g/mol. The number of hydrogen-bond acceptors (Lipinski definition) is 3. The van der Waals surface area contributed by atoms with Gasteiger partial charge >= 0.3 is 0 Å². The third kappa shape index (κ3) is 3.24. The first-order valence-electron chi connectivity index (χ1n) is 12.4. The van der Waals surface area contributed by atoms with Gasteiger partial charge in [0.25, 0.3) is 0 Å². The molecule has 4 heterocycles. The van der Waals surface area contributed by atoms with Crippen LogP contribution in [0.2, 0.25) is 0 Å². The Labute approximate surface area is 190 Å². The normalized spacial score (nSPS) is 29.9. The second kappa shape index (κ2) is 7.87. The molecule has 3 fully saturated rings. The molecule has 1 aromatic heterocycles.